The monoisotopic (exact) mass is 445 g/mol. The van der Waals surface area contributed by atoms with Gasteiger partial charge in [0.2, 0.25) is 5.88 Å². The zero-order valence-corrected chi connectivity index (χ0v) is 15.9. The van der Waals surface area contributed by atoms with E-state index in [9.17, 15) is 26.7 Å². The van der Waals surface area contributed by atoms with Crippen LogP contribution in [0.5, 0.6) is 5.88 Å². The largest absolute Gasteiger partial charge is 0.480 e. The van der Waals surface area contributed by atoms with Gasteiger partial charge in [0.15, 0.2) is 11.8 Å². The molecule has 2 heterocycles. The van der Waals surface area contributed by atoms with Crippen LogP contribution >= 0.6 is 0 Å². The van der Waals surface area contributed by atoms with Crippen molar-refractivity contribution in [1.82, 2.24) is 9.97 Å². The van der Waals surface area contributed by atoms with Crippen molar-refractivity contribution in [1.29, 1.82) is 0 Å². The fourth-order valence-corrected chi connectivity index (χ4v) is 3.17. The van der Waals surface area contributed by atoms with Crippen molar-refractivity contribution in [3.05, 3.63) is 41.5 Å². The maximum absolute atomic E-state index is 14.7. The highest BCUT2D eigenvalue weighted by Crippen LogP contribution is 2.42. The van der Waals surface area contributed by atoms with E-state index in [2.05, 4.69) is 19.7 Å². The third kappa shape index (κ3) is 4.20. The molecule has 0 aliphatic carbocycles. The molecule has 166 valence electrons. The Labute approximate surface area is 172 Å². The number of amides is 1. The van der Waals surface area contributed by atoms with Crippen LogP contribution in [-0.2, 0) is 10.3 Å². The molecule has 13 heteroatoms. The maximum atomic E-state index is 14.7. The lowest BCUT2D eigenvalue weighted by atomic mass is 9.83. The summed E-state index contributed by atoms with van der Waals surface area (Å²) < 4.78 is 78.0. The van der Waals surface area contributed by atoms with Crippen LogP contribution < -0.4 is 16.2 Å². The molecule has 3 rings (SSSR count). The van der Waals surface area contributed by atoms with E-state index < -0.39 is 54.2 Å². The number of alkyl halides is 4. The number of carbonyl (C=O) groups excluding carboxylic acids is 1. The summed E-state index contributed by atoms with van der Waals surface area (Å²) in [6.07, 6.45) is -7.33. The van der Waals surface area contributed by atoms with Crippen molar-refractivity contribution >= 4 is 11.9 Å². The lowest BCUT2D eigenvalue weighted by Gasteiger charge is -2.36. The molecule has 4 N–H and O–H groups in total. The summed E-state index contributed by atoms with van der Waals surface area (Å²) in [7, 11) is 1.28. The predicted molar refractivity (Wildman–Crippen MR) is 97.3 cm³/mol. The molecule has 31 heavy (non-hydrogen) atoms. The number of methoxy groups -OCH3 is 1. The standard InChI is InChI=1S/C18H16F5N5O3/c1-30-12-6-26-14(15(24)29)13(27-12)8-2-3-10(20)9(4-8)17(7-19)5-11(18(21,22)23)31-16(25)28-17/h2-4,6,11H,5,7H2,1H3,(H2,24,29)(H2,25,28)/t11-,17-/m1/s1. The first-order chi connectivity index (χ1) is 14.5. The molecule has 0 spiro atoms. The summed E-state index contributed by atoms with van der Waals surface area (Å²) in [4.78, 5) is 23.3. The van der Waals surface area contributed by atoms with Crippen molar-refractivity contribution in [3.8, 4) is 17.1 Å². The fourth-order valence-electron chi connectivity index (χ4n) is 3.17. The second kappa shape index (κ2) is 7.96. The molecule has 1 aromatic heterocycles. The molecular formula is C18H16F5N5O3. The van der Waals surface area contributed by atoms with E-state index in [0.29, 0.717) is 0 Å². The maximum Gasteiger partial charge on any atom is 0.425 e. The molecule has 1 aliphatic rings. The quantitative estimate of drug-likeness (QED) is 0.680. The van der Waals surface area contributed by atoms with Crippen molar-refractivity contribution in [2.75, 3.05) is 13.8 Å². The molecular weight excluding hydrogens is 429 g/mol. The van der Waals surface area contributed by atoms with Crippen molar-refractivity contribution in [3.63, 3.8) is 0 Å². The number of nitrogens with two attached hydrogens (primary N) is 2. The molecule has 1 amide bonds. The molecule has 1 aliphatic heterocycles. The second-order valence-electron chi connectivity index (χ2n) is 6.64. The fraction of sp³-hybridized carbons (Fsp3) is 0.333. The number of hydrogen-bond acceptors (Lipinski definition) is 7. The minimum Gasteiger partial charge on any atom is -0.480 e. The molecule has 0 radical (unpaired) electrons. The van der Waals surface area contributed by atoms with Gasteiger partial charge < -0.3 is 20.9 Å². The van der Waals surface area contributed by atoms with Gasteiger partial charge in [0.25, 0.3) is 11.9 Å². The first-order valence-electron chi connectivity index (χ1n) is 8.66. The Morgan fingerprint density at radius 1 is 1.39 bits per heavy atom. The Balaban J connectivity index is 2.20. The van der Waals surface area contributed by atoms with Crippen molar-refractivity contribution in [2.24, 2.45) is 16.5 Å². The van der Waals surface area contributed by atoms with Crippen LogP contribution in [0.25, 0.3) is 11.3 Å². The van der Waals surface area contributed by atoms with Gasteiger partial charge in [0.05, 0.1) is 13.3 Å². The van der Waals surface area contributed by atoms with E-state index in [4.69, 9.17) is 16.2 Å². The van der Waals surface area contributed by atoms with Crippen LogP contribution in [0, 0.1) is 5.82 Å². The smallest absolute Gasteiger partial charge is 0.425 e. The molecule has 0 bridgehead atoms. The number of halogens is 5. The van der Waals surface area contributed by atoms with Crippen LogP contribution in [0.2, 0.25) is 0 Å². The van der Waals surface area contributed by atoms with Crippen molar-refractivity contribution < 1.29 is 36.2 Å². The lowest BCUT2D eigenvalue weighted by molar-refractivity contribution is -0.209. The third-order valence-electron chi connectivity index (χ3n) is 4.63. The highest BCUT2D eigenvalue weighted by atomic mass is 19.4. The van der Waals surface area contributed by atoms with E-state index in [0.717, 1.165) is 18.3 Å². The first kappa shape index (κ1) is 22.2. The van der Waals surface area contributed by atoms with Gasteiger partial charge >= 0.3 is 6.18 Å². The number of hydrogen-bond donors (Lipinski definition) is 2. The third-order valence-corrected chi connectivity index (χ3v) is 4.63. The Bertz CT molecular complexity index is 1050. The summed E-state index contributed by atoms with van der Waals surface area (Å²) in [5.74, 6) is -2.03. The summed E-state index contributed by atoms with van der Waals surface area (Å²) in [5, 5.41) is 0. The number of amidine groups is 1. The molecule has 2 atom stereocenters. The summed E-state index contributed by atoms with van der Waals surface area (Å²) in [5.41, 5.74) is 7.36. The molecule has 0 unspecified atom stereocenters. The molecule has 8 nitrogen and oxygen atoms in total. The number of aromatic nitrogens is 2. The van der Waals surface area contributed by atoms with Gasteiger partial charge in [-0.05, 0) is 18.2 Å². The minimum atomic E-state index is -4.90. The second-order valence-corrected chi connectivity index (χ2v) is 6.64. The van der Waals surface area contributed by atoms with Crippen LogP contribution in [-0.4, -0.2) is 48.0 Å². The number of primary amides is 1. The number of ether oxygens (including phenoxy) is 2. The van der Waals surface area contributed by atoms with Crippen LogP contribution in [0.15, 0.2) is 29.4 Å². The van der Waals surface area contributed by atoms with Crippen LogP contribution in [0.3, 0.4) is 0 Å². The SMILES string of the molecule is COc1cnc(C(N)=O)c(-c2ccc(F)c([C@]3(CF)C[C@H](C(F)(F)F)OC(N)=N3)c2)n1. The van der Waals surface area contributed by atoms with Gasteiger partial charge in [-0.15, -0.1) is 0 Å². The zero-order chi connectivity index (χ0) is 23.0. The highest BCUT2D eigenvalue weighted by Gasteiger charge is 2.52. The van der Waals surface area contributed by atoms with Crippen LogP contribution in [0.4, 0.5) is 22.0 Å². The van der Waals surface area contributed by atoms with E-state index >= 15 is 0 Å². The average molecular weight is 445 g/mol. The Morgan fingerprint density at radius 2 is 2.10 bits per heavy atom. The van der Waals surface area contributed by atoms with E-state index in [1.165, 1.54) is 13.2 Å². The van der Waals surface area contributed by atoms with Gasteiger partial charge in [-0.2, -0.15) is 13.2 Å². The van der Waals surface area contributed by atoms with E-state index in [1.807, 2.05) is 0 Å². The number of aliphatic imine (C=N–C) groups is 1. The average Bonchev–Trinajstić information content (AvgIpc) is 2.72. The molecule has 0 fully saturated rings. The molecule has 2 aromatic rings. The normalized spacial score (nSPS) is 21.2. The van der Waals surface area contributed by atoms with Gasteiger partial charge in [-0.3, -0.25) is 4.79 Å². The molecule has 1 aromatic carbocycles. The predicted octanol–water partition coefficient (Wildman–Crippen LogP) is 2.22. The van der Waals surface area contributed by atoms with Crippen LogP contribution in [0.1, 0.15) is 22.5 Å². The van der Waals surface area contributed by atoms with Gasteiger partial charge in [0.1, 0.15) is 23.7 Å². The first-order valence-corrected chi connectivity index (χ1v) is 8.66. The Kier molecular flexibility index (Phi) is 5.70. The minimum absolute atomic E-state index is 0.0171. The van der Waals surface area contributed by atoms with Gasteiger partial charge in [0, 0.05) is 17.5 Å². The van der Waals surface area contributed by atoms with E-state index in [1.54, 1.807) is 0 Å². The molecule has 0 saturated heterocycles. The lowest BCUT2D eigenvalue weighted by Crippen LogP contribution is -2.48. The Morgan fingerprint density at radius 3 is 2.68 bits per heavy atom. The van der Waals surface area contributed by atoms with E-state index in [-0.39, 0.29) is 22.8 Å². The highest BCUT2D eigenvalue weighted by molar-refractivity contribution is 5.96. The summed E-state index contributed by atoms with van der Waals surface area (Å²) in [6.45, 7) is -1.50. The van der Waals surface area contributed by atoms with Gasteiger partial charge in [-0.25, -0.2) is 23.7 Å². The van der Waals surface area contributed by atoms with Crippen molar-refractivity contribution in [2.45, 2.75) is 24.2 Å². The summed E-state index contributed by atoms with van der Waals surface area (Å²) >= 11 is 0. The Hall–Kier alpha value is -3.51. The van der Waals surface area contributed by atoms with Gasteiger partial charge in [-0.1, -0.05) is 0 Å². The molecule has 0 saturated carbocycles. The topological polar surface area (TPSA) is 126 Å². The zero-order valence-electron chi connectivity index (χ0n) is 15.9. The number of benzene rings is 1. The number of nitrogens with zero attached hydrogens (tertiary/aromatic N) is 3. The summed E-state index contributed by atoms with van der Waals surface area (Å²) in [6, 6.07) is 2.13. The number of carbonyl (C=O) groups is 1. The number of rotatable bonds is 5.